The third-order valence-corrected chi connectivity index (χ3v) is 2.15. The number of aliphatic hydroxyl groups excluding tert-OH is 2. The molecule has 1 aliphatic carbocycles. The van der Waals surface area contributed by atoms with E-state index in [2.05, 4.69) is 0 Å². The average Bonchev–Trinajstić information content (AvgIpc) is 2.02. The van der Waals surface area contributed by atoms with Crippen LogP contribution in [0.2, 0.25) is 0 Å². The molecule has 0 saturated heterocycles. The zero-order chi connectivity index (χ0) is 9.42. The lowest BCUT2D eigenvalue weighted by Gasteiger charge is -2.24. The van der Waals surface area contributed by atoms with Crippen molar-refractivity contribution in [2.75, 3.05) is 6.61 Å². The SMILES string of the molecule is O=C1CC(O)C=C2OCCC(O)=C12. The molecular formula is C9H10O4. The number of hydrogen-bond donors (Lipinski definition) is 2. The number of carbonyl (C=O) groups excluding carboxylic acids is 1. The first-order valence-corrected chi connectivity index (χ1v) is 4.17. The van der Waals surface area contributed by atoms with Gasteiger partial charge in [-0.05, 0) is 6.08 Å². The lowest BCUT2D eigenvalue weighted by molar-refractivity contribution is -0.117. The van der Waals surface area contributed by atoms with Crippen molar-refractivity contribution in [3.05, 3.63) is 23.2 Å². The molecule has 4 heteroatoms. The van der Waals surface area contributed by atoms with E-state index >= 15 is 0 Å². The van der Waals surface area contributed by atoms with Gasteiger partial charge in [-0.25, -0.2) is 0 Å². The van der Waals surface area contributed by atoms with Crippen LogP contribution in [0, 0.1) is 0 Å². The van der Waals surface area contributed by atoms with Crippen molar-refractivity contribution in [3.63, 3.8) is 0 Å². The summed E-state index contributed by atoms with van der Waals surface area (Å²) in [5, 5.41) is 18.6. The number of ketones is 1. The fourth-order valence-electron chi connectivity index (χ4n) is 1.55. The number of aliphatic hydroxyl groups is 2. The Hall–Kier alpha value is -1.29. The van der Waals surface area contributed by atoms with Gasteiger partial charge in [0.1, 0.15) is 11.5 Å². The van der Waals surface area contributed by atoms with Gasteiger partial charge in [0.2, 0.25) is 0 Å². The average molecular weight is 182 g/mol. The lowest BCUT2D eigenvalue weighted by Crippen LogP contribution is -2.25. The molecule has 0 radical (unpaired) electrons. The maximum absolute atomic E-state index is 11.4. The number of carbonyl (C=O) groups is 1. The van der Waals surface area contributed by atoms with Crippen LogP contribution in [0.4, 0.5) is 0 Å². The molecule has 4 nitrogen and oxygen atoms in total. The Morgan fingerprint density at radius 1 is 1.54 bits per heavy atom. The Balaban J connectivity index is 2.46. The minimum absolute atomic E-state index is 0.0340. The van der Waals surface area contributed by atoms with Gasteiger partial charge in [-0.3, -0.25) is 4.79 Å². The summed E-state index contributed by atoms with van der Waals surface area (Å²) in [5.74, 6) is 0.157. The summed E-state index contributed by atoms with van der Waals surface area (Å²) in [5.41, 5.74) is 0.247. The molecule has 1 unspecified atom stereocenters. The Bertz CT molecular complexity index is 314. The van der Waals surface area contributed by atoms with Crippen molar-refractivity contribution >= 4 is 5.78 Å². The molecule has 1 aliphatic heterocycles. The molecule has 2 N–H and O–H groups in total. The zero-order valence-corrected chi connectivity index (χ0v) is 6.99. The van der Waals surface area contributed by atoms with E-state index < -0.39 is 6.10 Å². The number of ether oxygens (including phenoxy) is 1. The van der Waals surface area contributed by atoms with Gasteiger partial charge >= 0.3 is 0 Å². The zero-order valence-electron chi connectivity index (χ0n) is 6.99. The number of allylic oxidation sites excluding steroid dienone is 1. The highest BCUT2D eigenvalue weighted by molar-refractivity contribution is 6.01. The predicted octanol–water partition coefficient (Wildman–Crippen LogP) is 0.436. The Morgan fingerprint density at radius 3 is 3.08 bits per heavy atom. The molecule has 2 rings (SSSR count). The standard InChI is InChI=1S/C9H10O4/c10-5-3-7(12)9-6(11)1-2-13-8(9)4-5/h4-5,10-11H,1-3H2. The van der Waals surface area contributed by atoms with E-state index in [0.29, 0.717) is 18.8 Å². The van der Waals surface area contributed by atoms with Crippen LogP contribution < -0.4 is 0 Å². The van der Waals surface area contributed by atoms with Gasteiger partial charge in [-0.15, -0.1) is 0 Å². The third-order valence-electron chi connectivity index (χ3n) is 2.15. The largest absolute Gasteiger partial charge is 0.511 e. The summed E-state index contributed by atoms with van der Waals surface area (Å²) in [6.45, 7) is 0.362. The first-order valence-electron chi connectivity index (χ1n) is 4.17. The van der Waals surface area contributed by atoms with Crippen molar-refractivity contribution < 1.29 is 19.7 Å². The quantitative estimate of drug-likeness (QED) is 0.570. The van der Waals surface area contributed by atoms with Gasteiger partial charge in [0.25, 0.3) is 0 Å². The molecule has 0 saturated carbocycles. The smallest absolute Gasteiger partial charge is 0.172 e. The summed E-state index contributed by atoms with van der Waals surface area (Å²) in [4.78, 5) is 11.4. The highest BCUT2D eigenvalue weighted by Crippen LogP contribution is 2.29. The third kappa shape index (κ3) is 1.33. The number of fused-ring (bicyclic) bond motifs is 1. The highest BCUT2D eigenvalue weighted by atomic mass is 16.5. The van der Waals surface area contributed by atoms with Crippen LogP contribution in [0.1, 0.15) is 12.8 Å². The summed E-state index contributed by atoms with van der Waals surface area (Å²) in [6.07, 6.45) is 1.09. The molecule has 1 atom stereocenters. The molecule has 0 aromatic carbocycles. The van der Waals surface area contributed by atoms with Crippen LogP contribution >= 0.6 is 0 Å². The molecule has 0 fully saturated rings. The van der Waals surface area contributed by atoms with Crippen LogP contribution in [0.3, 0.4) is 0 Å². The Morgan fingerprint density at radius 2 is 2.31 bits per heavy atom. The molecule has 0 spiro atoms. The second-order valence-corrected chi connectivity index (χ2v) is 3.15. The minimum Gasteiger partial charge on any atom is -0.511 e. The maximum atomic E-state index is 11.4. The fraction of sp³-hybridized carbons (Fsp3) is 0.444. The van der Waals surface area contributed by atoms with Gasteiger partial charge < -0.3 is 14.9 Å². The van der Waals surface area contributed by atoms with Crippen LogP contribution in [0.25, 0.3) is 0 Å². The first kappa shape index (κ1) is 8.31. The first-order chi connectivity index (χ1) is 6.18. The second-order valence-electron chi connectivity index (χ2n) is 3.15. The second kappa shape index (κ2) is 2.88. The van der Waals surface area contributed by atoms with Crippen LogP contribution in [-0.2, 0) is 9.53 Å². The van der Waals surface area contributed by atoms with Crippen molar-refractivity contribution in [2.45, 2.75) is 18.9 Å². The maximum Gasteiger partial charge on any atom is 0.172 e. The van der Waals surface area contributed by atoms with E-state index in [1.165, 1.54) is 6.08 Å². The molecular weight excluding hydrogens is 172 g/mol. The van der Waals surface area contributed by atoms with Crippen molar-refractivity contribution in [2.24, 2.45) is 0 Å². The molecule has 0 bridgehead atoms. The Kier molecular flexibility index (Phi) is 1.84. The summed E-state index contributed by atoms with van der Waals surface area (Å²) >= 11 is 0. The van der Waals surface area contributed by atoms with Gasteiger partial charge in [0, 0.05) is 12.8 Å². The van der Waals surface area contributed by atoms with Crippen LogP contribution in [-0.4, -0.2) is 28.7 Å². The van der Waals surface area contributed by atoms with Crippen molar-refractivity contribution in [1.82, 2.24) is 0 Å². The van der Waals surface area contributed by atoms with Crippen molar-refractivity contribution in [3.8, 4) is 0 Å². The Labute approximate surface area is 75.1 Å². The molecule has 13 heavy (non-hydrogen) atoms. The fourth-order valence-corrected chi connectivity index (χ4v) is 1.55. The monoisotopic (exact) mass is 182 g/mol. The lowest BCUT2D eigenvalue weighted by atomic mass is 9.93. The van der Waals surface area contributed by atoms with Crippen LogP contribution in [0.15, 0.2) is 23.2 Å². The van der Waals surface area contributed by atoms with Gasteiger partial charge in [0.05, 0.1) is 18.3 Å². The van der Waals surface area contributed by atoms with Gasteiger partial charge in [0.15, 0.2) is 5.78 Å². The van der Waals surface area contributed by atoms with Crippen molar-refractivity contribution in [1.29, 1.82) is 0 Å². The normalized spacial score (nSPS) is 27.9. The van der Waals surface area contributed by atoms with E-state index in [1.807, 2.05) is 0 Å². The number of hydrogen-bond acceptors (Lipinski definition) is 4. The molecule has 70 valence electrons. The topological polar surface area (TPSA) is 66.8 Å². The minimum atomic E-state index is -0.780. The summed E-state index contributed by atoms with van der Waals surface area (Å²) in [7, 11) is 0. The number of rotatable bonds is 0. The van der Waals surface area contributed by atoms with E-state index in [-0.39, 0.29) is 23.5 Å². The van der Waals surface area contributed by atoms with E-state index in [1.54, 1.807) is 0 Å². The molecule has 0 aromatic rings. The predicted molar refractivity (Wildman–Crippen MR) is 43.9 cm³/mol. The van der Waals surface area contributed by atoms with E-state index in [0.717, 1.165) is 0 Å². The van der Waals surface area contributed by atoms with Gasteiger partial charge in [-0.1, -0.05) is 0 Å². The van der Waals surface area contributed by atoms with E-state index in [9.17, 15) is 15.0 Å². The molecule has 0 amide bonds. The number of Topliss-reactive ketones (excluding diaryl/α,β-unsaturated/α-hetero) is 1. The molecule has 2 aliphatic rings. The summed E-state index contributed by atoms with van der Waals surface area (Å²) in [6, 6.07) is 0. The summed E-state index contributed by atoms with van der Waals surface area (Å²) < 4.78 is 5.16. The van der Waals surface area contributed by atoms with E-state index in [4.69, 9.17) is 4.74 Å². The molecule has 1 heterocycles. The highest BCUT2D eigenvalue weighted by Gasteiger charge is 2.30. The molecule has 0 aromatic heterocycles. The van der Waals surface area contributed by atoms with Crippen LogP contribution in [0.5, 0.6) is 0 Å². The van der Waals surface area contributed by atoms with Gasteiger partial charge in [-0.2, -0.15) is 0 Å².